The van der Waals surface area contributed by atoms with Crippen molar-refractivity contribution in [1.29, 1.82) is 0 Å². The van der Waals surface area contributed by atoms with E-state index in [1.807, 2.05) is 17.0 Å². The van der Waals surface area contributed by atoms with E-state index in [9.17, 15) is 18.8 Å². The average molecular weight is 376 g/mol. The van der Waals surface area contributed by atoms with E-state index in [1.165, 1.54) is 19.2 Å². The van der Waals surface area contributed by atoms with Gasteiger partial charge in [-0.3, -0.25) is 19.3 Å². The molecule has 3 fully saturated rings. The molecule has 1 aromatic rings. The number of rotatable bonds is 3. The number of imide groups is 1. The Kier molecular flexibility index (Phi) is 4.50. The van der Waals surface area contributed by atoms with Crippen LogP contribution in [0.5, 0.6) is 0 Å². The molecule has 3 amide bonds. The number of carbonyl (C=O) groups excluding carboxylic acids is 3. The van der Waals surface area contributed by atoms with Crippen LogP contribution in [0.25, 0.3) is 0 Å². The Morgan fingerprint density at radius 3 is 2.31 bits per heavy atom. The van der Waals surface area contributed by atoms with Crippen LogP contribution in [0.2, 0.25) is 0 Å². The summed E-state index contributed by atoms with van der Waals surface area (Å²) < 4.78 is 13.2. The summed E-state index contributed by atoms with van der Waals surface area (Å²) in [5.74, 6) is -0.194. The van der Waals surface area contributed by atoms with E-state index in [1.54, 1.807) is 0 Å². The minimum atomic E-state index is -0.589. The molecule has 138 valence electrons. The third-order valence-electron chi connectivity index (χ3n) is 5.85. The van der Waals surface area contributed by atoms with Gasteiger partial charge in [-0.1, -0.05) is 23.9 Å². The maximum atomic E-state index is 13.2. The molecule has 0 N–H and O–H groups in total. The number of thioether (sulfide) groups is 1. The Bertz CT molecular complexity index is 740. The highest BCUT2D eigenvalue weighted by atomic mass is 32.2. The topological polar surface area (TPSA) is 57.7 Å². The van der Waals surface area contributed by atoms with Gasteiger partial charge >= 0.3 is 0 Å². The number of fused-ring (bicyclic) bond motifs is 2. The second-order valence-corrected chi connectivity index (χ2v) is 8.53. The second kappa shape index (κ2) is 6.68. The van der Waals surface area contributed by atoms with Gasteiger partial charge in [0.25, 0.3) is 5.24 Å². The lowest BCUT2D eigenvalue weighted by atomic mass is 9.85. The predicted octanol–water partition coefficient (Wildman–Crippen LogP) is 3.15. The first-order chi connectivity index (χ1) is 12.4. The Labute approximate surface area is 155 Å². The Balaban J connectivity index is 1.43. The number of piperidine rings is 1. The summed E-state index contributed by atoms with van der Waals surface area (Å²) in [6.45, 7) is 0. The van der Waals surface area contributed by atoms with E-state index in [4.69, 9.17) is 0 Å². The summed E-state index contributed by atoms with van der Waals surface area (Å²) in [5.41, 5.74) is 1.13. The molecule has 7 heteroatoms. The first-order valence-corrected chi connectivity index (χ1v) is 9.87. The first-order valence-electron chi connectivity index (χ1n) is 8.99. The van der Waals surface area contributed by atoms with E-state index in [-0.39, 0.29) is 41.4 Å². The quantitative estimate of drug-likeness (QED) is 0.813. The lowest BCUT2D eigenvalue weighted by Crippen LogP contribution is -2.47. The highest BCUT2D eigenvalue weighted by Gasteiger charge is 2.46. The van der Waals surface area contributed by atoms with Gasteiger partial charge in [0.2, 0.25) is 11.8 Å². The largest absolute Gasteiger partial charge is 0.337 e. The zero-order valence-corrected chi connectivity index (χ0v) is 15.4. The Morgan fingerprint density at radius 2 is 1.77 bits per heavy atom. The zero-order valence-electron chi connectivity index (χ0n) is 14.6. The average Bonchev–Trinajstić information content (AvgIpc) is 3.02. The van der Waals surface area contributed by atoms with Crippen LogP contribution < -0.4 is 0 Å². The summed E-state index contributed by atoms with van der Waals surface area (Å²) >= 11 is 0.950. The van der Waals surface area contributed by atoms with Crippen LogP contribution in [-0.4, -0.2) is 51.2 Å². The molecule has 0 aromatic heterocycles. The van der Waals surface area contributed by atoms with Crippen molar-refractivity contribution < 1.29 is 18.8 Å². The monoisotopic (exact) mass is 376 g/mol. The molecule has 0 aliphatic carbocycles. The van der Waals surface area contributed by atoms with Crippen molar-refractivity contribution >= 4 is 28.8 Å². The molecule has 0 unspecified atom stereocenters. The fraction of sp³-hybridized carbons (Fsp3) is 0.526. The highest BCUT2D eigenvalue weighted by molar-refractivity contribution is 8.15. The number of halogens is 1. The van der Waals surface area contributed by atoms with Gasteiger partial charge in [0.15, 0.2) is 0 Å². The molecule has 3 aliphatic rings. The molecule has 3 heterocycles. The number of hydrogen-bond donors (Lipinski definition) is 0. The molecule has 2 bridgehead atoms. The molecule has 3 aliphatic heterocycles. The molecule has 1 aromatic carbocycles. The van der Waals surface area contributed by atoms with Gasteiger partial charge in [-0.25, -0.2) is 4.39 Å². The van der Waals surface area contributed by atoms with Crippen LogP contribution in [0.3, 0.4) is 0 Å². The fourth-order valence-corrected chi connectivity index (χ4v) is 5.52. The summed E-state index contributed by atoms with van der Waals surface area (Å²) in [4.78, 5) is 39.6. The SMILES string of the molecule is CN1C(=O)S[C@@H](CC(=O)N2[C@@H]3CC[C@@H]2CC(c2ccc(F)cc2)C3)C1=O. The molecule has 4 rings (SSSR count). The number of hydrogen-bond acceptors (Lipinski definition) is 4. The highest BCUT2D eigenvalue weighted by Crippen LogP contribution is 2.44. The molecule has 0 radical (unpaired) electrons. The standard InChI is InChI=1S/C19H21FN2O3S/c1-21-18(24)16(26-19(21)25)10-17(23)22-14-6-7-15(22)9-12(8-14)11-2-4-13(20)5-3-11/h2-5,12,14-16H,6-10H2,1H3/t14-,15-,16+/m1/s1. The Morgan fingerprint density at radius 1 is 1.15 bits per heavy atom. The summed E-state index contributed by atoms with van der Waals surface area (Å²) in [6, 6.07) is 7.01. The van der Waals surface area contributed by atoms with Crippen molar-refractivity contribution in [2.45, 2.75) is 55.4 Å². The number of carbonyl (C=O) groups is 3. The van der Waals surface area contributed by atoms with Gasteiger partial charge in [-0.15, -0.1) is 0 Å². The van der Waals surface area contributed by atoms with E-state index >= 15 is 0 Å². The summed E-state index contributed by atoms with van der Waals surface area (Å²) in [6.07, 6.45) is 3.78. The van der Waals surface area contributed by atoms with E-state index in [0.717, 1.165) is 47.9 Å². The maximum absolute atomic E-state index is 13.2. The van der Waals surface area contributed by atoms with Crippen molar-refractivity contribution in [3.05, 3.63) is 35.6 Å². The van der Waals surface area contributed by atoms with Gasteiger partial charge in [-0.2, -0.15) is 0 Å². The lowest BCUT2D eigenvalue weighted by molar-refractivity contribution is -0.138. The third kappa shape index (κ3) is 3.02. The number of benzene rings is 1. The molecular formula is C19H21FN2O3S. The van der Waals surface area contributed by atoms with Crippen molar-refractivity contribution in [3.8, 4) is 0 Å². The number of nitrogens with zero attached hydrogens (tertiary/aromatic N) is 2. The van der Waals surface area contributed by atoms with Gasteiger partial charge in [0.05, 0.1) is 0 Å². The third-order valence-corrected chi connectivity index (χ3v) is 6.97. The molecule has 3 saturated heterocycles. The minimum absolute atomic E-state index is 0.0241. The maximum Gasteiger partial charge on any atom is 0.288 e. The van der Waals surface area contributed by atoms with Crippen molar-refractivity contribution in [1.82, 2.24) is 9.80 Å². The molecular weight excluding hydrogens is 355 g/mol. The Hall–Kier alpha value is -1.89. The molecule has 0 spiro atoms. The van der Waals surface area contributed by atoms with E-state index in [2.05, 4.69) is 0 Å². The van der Waals surface area contributed by atoms with Gasteiger partial charge in [0.1, 0.15) is 11.1 Å². The fourth-order valence-electron chi connectivity index (χ4n) is 4.54. The van der Waals surface area contributed by atoms with Crippen molar-refractivity contribution in [2.75, 3.05) is 7.05 Å². The molecule has 0 saturated carbocycles. The zero-order chi connectivity index (χ0) is 18.4. The van der Waals surface area contributed by atoms with Crippen LogP contribution >= 0.6 is 11.8 Å². The number of amides is 3. The predicted molar refractivity (Wildman–Crippen MR) is 96.2 cm³/mol. The van der Waals surface area contributed by atoms with Gasteiger partial charge in [-0.05, 0) is 49.3 Å². The van der Waals surface area contributed by atoms with Crippen molar-refractivity contribution in [3.63, 3.8) is 0 Å². The molecule has 5 nitrogen and oxygen atoms in total. The van der Waals surface area contributed by atoms with Crippen LogP contribution in [0, 0.1) is 5.82 Å². The summed E-state index contributed by atoms with van der Waals surface area (Å²) in [5, 5.41) is -0.875. The normalized spacial score (nSPS) is 31.0. The molecule has 26 heavy (non-hydrogen) atoms. The van der Waals surface area contributed by atoms with Crippen LogP contribution in [0.4, 0.5) is 9.18 Å². The summed E-state index contributed by atoms with van der Waals surface area (Å²) in [7, 11) is 1.46. The van der Waals surface area contributed by atoms with Crippen LogP contribution in [0.1, 0.15) is 43.6 Å². The van der Waals surface area contributed by atoms with E-state index < -0.39 is 5.25 Å². The van der Waals surface area contributed by atoms with Crippen molar-refractivity contribution in [2.24, 2.45) is 0 Å². The van der Waals surface area contributed by atoms with Crippen LogP contribution in [-0.2, 0) is 9.59 Å². The van der Waals surface area contributed by atoms with Gasteiger partial charge < -0.3 is 4.90 Å². The molecule has 3 atom stereocenters. The van der Waals surface area contributed by atoms with Gasteiger partial charge in [0, 0.05) is 25.6 Å². The smallest absolute Gasteiger partial charge is 0.288 e. The second-order valence-electron chi connectivity index (χ2n) is 7.38. The minimum Gasteiger partial charge on any atom is -0.337 e. The van der Waals surface area contributed by atoms with E-state index in [0.29, 0.717) is 5.92 Å². The first kappa shape index (κ1) is 17.5. The van der Waals surface area contributed by atoms with Crippen LogP contribution in [0.15, 0.2) is 24.3 Å². The lowest BCUT2D eigenvalue weighted by Gasteiger charge is -2.39.